The third kappa shape index (κ3) is 4.80. The molecule has 0 saturated carbocycles. The van der Waals surface area contributed by atoms with Crippen molar-refractivity contribution in [2.75, 3.05) is 0 Å². The number of nitrogens with zero attached hydrogens (tertiary/aromatic N) is 2. The van der Waals surface area contributed by atoms with Crippen LogP contribution in [0.1, 0.15) is 84.7 Å². The Labute approximate surface area is 182 Å². The molecule has 29 heavy (non-hydrogen) atoms. The topological polar surface area (TPSA) is 34.5 Å². The van der Waals surface area contributed by atoms with E-state index < -0.39 is 8.07 Å². The van der Waals surface area contributed by atoms with Gasteiger partial charge in [-0.3, -0.25) is 0 Å². The van der Waals surface area contributed by atoms with Gasteiger partial charge in [0.2, 0.25) is 5.13 Å². The van der Waals surface area contributed by atoms with E-state index in [1.807, 2.05) is 0 Å². The van der Waals surface area contributed by atoms with Gasteiger partial charge in [-0.2, -0.15) is 4.99 Å². The van der Waals surface area contributed by atoms with E-state index in [-0.39, 0.29) is 6.10 Å². The van der Waals surface area contributed by atoms with Crippen molar-refractivity contribution in [3.05, 3.63) is 10.6 Å². The predicted molar refractivity (Wildman–Crippen MR) is 128 cm³/mol. The minimum atomic E-state index is -1.66. The number of ether oxygens (including phenoxy) is 1. The van der Waals surface area contributed by atoms with E-state index in [4.69, 9.17) is 14.7 Å². The number of hydrogen-bond donors (Lipinski definition) is 0. The zero-order valence-corrected chi connectivity index (χ0v) is 21.2. The molecule has 0 aromatic carbocycles. The molecule has 1 fully saturated rings. The monoisotopic (exact) mass is 430 g/mol. The van der Waals surface area contributed by atoms with Crippen LogP contribution in [0.3, 0.4) is 0 Å². The van der Waals surface area contributed by atoms with Gasteiger partial charge in [0.15, 0.2) is 5.90 Å². The first-order valence-corrected chi connectivity index (χ1v) is 14.5. The zero-order valence-electron chi connectivity index (χ0n) is 19.3. The van der Waals surface area contributed by atoms with E-state index in [2.05, 4.69) is 59.9 Å². The lowest BCUT2D eigenvalue weighted by Crippen LogP contribution is -2.43. The summed E-state index contributed by atoms with van der Waals surface area (Å²) in [6.07, 6.45) is 6.82. The molecule has 0 N–H and O–H groups in total. The highest BCUT2D eigenvalue weighted by Crippen LogP contribution is 2.41. The lowest BCUT2D eigenvalue weighted by Gasteiger charge is -2.38. The molecule has 2 atom stereocenters. The molecule has 0 spiro atoms. The van der Waals surface area contributed by atoms with Gasteiger partial charge in [-0.1, -0.05) is 59.8 Å². The predicted octanol–water partition coefficient (Wildman–Crippen LogP) is 7.09. The Kier molecular flexibility index (Phi) is 7.27. The third-order valence-corrected chi connectivity index (χ3v) is 14.3. The van der Waals surface area contributed by atoms with Crippen molar-refractivity contribution >= 4 is 30.4 Å². The van der Waals surface area contributed by atoms with E-state index in [0.717, 1.165) is 30.3 Å². The second-order valence-corrected chi connectivity index (χ2v) is 16.4. The van der Waals surface area contributed by atoms with Gasteiger partial charge < -0.3 is 4.74 Å². The van der Waals surface area contributed by atoms with Gasteiger partial charge in [-0.15, -0.1) is 11.5 Å². The lowest BCUT2D eigenvalue weighted by molar-refractivity contribution is 0.224. The van der Waals surface area contributed by atoms with E-state index in [1.54, 1.807) is 11.3 Å². The largest absolute Gasteiger partial charge is 0.476 e. The highest BCUT2D eigenvalue weighted by atomic mass is 32.1. The minimum Gasteiger partial charge on any atom is -0.476 e. The van der Waals surface area contributed by atoms with Crippen molar-refractivity contribution in [1.29, 1.82) is 0 Å². The number of hydrogen-bond acceptors (Lipinski definition) is 4. The van der Waals surface area contributed by atoms with Crippen LogP contribution < -0.4 is 0 Å². The van der Waals surface area contributed by atoms with Gasteiger partial charge >= 0.3 is 0 Å². The second kappa shape index (κ2) is 9.35. The van der Waals surface area contributed by atoms with E-state index >= 15 is 0 Å². The van der Waals surface area contributed by atoms with Crippen molar-refractivity contribution in [3.63, 3.8) is 0 Å². The molecular formula is C24H38N2OSSi. The standard InChI is InChI=1S/C24H38N2OSSi/c1-16(2)29(17(3)4,18(5)6)14-10-11-20-15-19(7)23(27-20)26-24-25-21-12-8-9-13-22(21)28-24/h16-20H,8-9,11-13,15H2,1-7H3/b26-23-. The number of thiazole rings is 1. The number of aryl methyl sites for hydroxylation is 2. The Morgan fingerprint density at radius 3 is 2.38 bits per heavy atom. The Bertz CT molecular complexity index is 754. The molecule has 0 amide bonds. The van der Waals surface area contributed by atoms with Crippen LogP contribution in [-0.2, 0) is 17.6 Å². The van der Waals surface area contributed by atoms with Crippen LogP contribution in [0.15, 0.2) is 4.99 Å². The fourth-order valence-electron chi connectivity index (χ4n) is 5.32. The van der Waals surface area contributed by atoms with Gasteiger partial charge in [0.1, 0.15) is 14.2 Å². The first-order valence-electron chi connectivity index (χ1n) is 11.5. The maximum absolute atomic E-state index is 6.24. The summed E-state index contributed by atoms with van der Waals surface area (Å²) in [4.78, 5) is 11.0. The summed E-state index contributed by atoms with van der Waals surface area (Å²) in [5, 5.41) is 0.885. The van der Waals surface area contributed by atoms with Gasteiger partial charge in [0.25, 0.3) is 0 Å². The molecule has 2 heterocycles. The molecule has 1 aromatic rings. The fraction of sp³-hybridized carbons (Fsp3) is 0.750. The summed E-state index contributed by atoms with van der Waals surface area (Å²) in [6, 6.07) is 0. The van der Waals surface area contributed by atoms with E-state index in [1.165, 1.54) is 29.8 Å². The molecule has 1 aliphatic carbocycles. The molecule has 1 saturated heterocycles. The van der Waals surface area contributed by atoms with Gasteiger partial charge in [0, 0.05) is 17.2 Å². The van der Waals surface area contributed by atoms with Crippen LogP contribution in [0.2, 0.25) is 16.6 Å². The van der Waals surface area contributed by atoms with E-state index in [9.17, 15) is 0 Å². The summed E-state index contributed by atoms with van der Waals surface area (Å²) in [5.74, 6) is 4.79. The summed E-state index contributed by atoms with van der Waals surface area (Å²) < 4.78 is 6.24. The number of aromatic nitrogens is 1. The Hall–Kier alpha value is -1.12. The number of rotatable bonds is 5. The molecule has 5 heteroatoms. The second-order valence-electron chi connectivity index (χ2n) is 9.80. The molecule has 1 aromatic heterocycles. The van der Waals surface area contributed by atoms with Crippen LogP contribution in [0, 0.1) is 17.4 Å². The SMILES string of the molecule is CC1CC(CC#C[Si](C(C)C)(C(C)C)C(C)C)O/C1=N\c1nc2c(s1)CCCC2. The van der Waals surface area contributed by atoms with Gasteiger partial charge in [0.05, 0.1) is 5.69 Å². The van der Waals surface area contributed by atoms with Gasteiger partial charge in [-0.05, 0) is 48.7 Å². The van der Waals surface area contributed by atoms with Crippen LogP contribution in [0.4, 0.5) is 5.13 Å². The molecule has 160 valence electrons. The molecule has 3 rings (SSSR count). The number of fused-ring (bicyclic) bond motifs is 1. The normalized spacial score (nSPS) is 23.4. The highest BCUT2D eigenvalue weighted by molar-refractivity contribution is 7.15. The first-order chi connectivity index (χ1) is 13.7. The fourth-order valence-corrected chi connectivity index (χ4v) is 11.6. The molecule has 2 unspecified atom stereocenters. The summed E-state index contributed by atoms with van der Waals surface area (Å²) in [7, 11) is -1.66. The average molecular weight is 431 g/mol. The molecule has 0 bridgehead atoms. The third-order valence-electron chi connectivity index (χ3n) is 6.87. The average Bonchev–Trinajstić information content (AvgIpc) is 3.20. The Balaban J connectivity index is 1.69. The molecule has 0 radical (unpaired) electrons. The summed E-state index contributed by atoms with van der Waals surface area (Å²) in [5.41, 5.74) is 7.12. The Morgan fingerprint density at radius 2 is 1.76 bits per heavy atom. The van der Waals surface area contributed by atoms with Crippen molar-refractivity contribution in [2.24, 2.45) is 10.9 Å². The summed E-state index contributed by atoms with van der Waals surface area (Å²) >= 11 is 1.76. The van der Waals surface area contributed by atoms with Crippen LogP contribution in [0.25, 0.3) is 0 Å². The van der Waals surface area contributed by atoms with Crippen molar-refractivity contribution in [2.45, 2.75) is 110 Å². The molecule has 3 nitrogen and oxygen atoms in total. The minimum absolute atomic E-state index is 0.170. The number of aliphatic imine (C=N–C) groups is 1. The van der Waals surface area contributed by atoms with E-state index in [0.29, 0.717) is 22.5 Å². The van der Waals surface area contributed by atoms with Crippen LogP contribution >= 0.6 is 11.3 Å². The van der Waals surface area contributed by atoms with Crippen molar-refractivity contribution in [3.8, 4) is 11.5 Å². The van der Waals surface area contributed by atoms with Crippen LogP contribution in [0.5, 0.6) is 0 Å². The molecule has 1 aliphatic heterocycles. The van der Waals surface area contributed by atoms with Crippen LogP contribution in [-0.4, -0.2) is 25.1 Å². The van der Waals surface area contributed by atoms with Gasteiger partial charge in [-0.25, -0.2) is 4.98 Å². The molecular weight excluding hydrogens is 392 g/mol. The zero-order chi connectivity index (χ0) is 21.2. The summed E-state index contributed by atoms with van der Waals surface area (Å²) in [6.45, 7) is 16.4. The highest BCUT2D eigenvalue weighted by Gasteiger charge is 2.41. The maximum Gasteiger partial charge on any atom is 0.212 e. The van der Waals surface area contributed by atoms with Crippen molar-refractivity contribution in [1.82, 2.24) is 4.98 Å². The molecule has 2 aliphatic rings. The lowest BCUT2D eigenvalue weighted by atomic mass is 10.0. The Morgan fingerprint density at radius 1 is 1.10 bits per heavy atom. The van der Waals surface area contributed by atoms with Crippen molar-refractivity contribution < 1.29 is 4.74 Å². The quantitative estimate of drug-likeness (QED) is 0.369. The maximum atomic E-state index is 6.24. The smallest absolute Gasteiger partial charge is 0.212 e. The first kappa shape index (κ1) is 22.6.